The largest absolute Gasteiger partial charge is 0.323 e. The first kappa shape index (κ1) is 15.8. The monoisotopic (exact) mass is 280 g/mol. The fourth-order valence-electron chi connectivity index (χ4n) is 3.99. The highest BCUT2D eigenvalue weighted by Crippen LogP contribution is 2.33. The van der Waals surface area contributed by atoms with Gasteiger partial charge in [0.05, 0.1) is 12.2 Å². The summed E-state index contributed by atoms with van der Waals surface area (Å²) in [5.41, 5.74) is 0. The van der Waals surface area contributed by atoms with E-state index in [1.54, 1.807) is 0 Å². The Kier molecular flexibility index (Phi) is 5.48. The second-order valence-electron chi connectivity index (χ2n) is 7.11. The highest BCUT2D eigenvalue weighted by atomic mass is 16.2. The van der Waals surface area contributed by atoms with Crippen LogP contribution in [-0.2, 0) is 4.79 Å². The Bertz CT molecular complexity index is 329. The van der Waals surface area contributed by atoms with Crippen LogP contribution in [0, 0.1) is 11.8 Å². The van der Waals surface area contributed by atoms with E-state index in [1.807, 2.05) is 0 Å². The zero-order valence-electron chi connectivity index (χ0n) is 13.7. The third-order valence-corrected chi connectivity index (χ3v) is 5.10. The van der Waals surface area contributed by atoms with Crippen LogP contribution in [-0.4, -0.2) is 29.1 Å². The molecule has 0 aromatic carbocycles. The summed E-state index contributed by atoms with van der Waals surface area (Å²) < 4.78 is 0. The highest BCUT2D eigenvalue weighted by Gasteiger charge is 2.42. The molecule has 1 aliphatic heterocycles. The first-order chi connectivity index (χ1) is 9.56. The van der Waals surface area contributed by atoms with Crippen molar-refractivity contribution >= 4 is 5.91 Å². The number of hydrogen-bond donors (Lipinski definition) is 1. The number of hydrogen-bond acceptors (Lipinski definition) is 2. The molecule has 3 nitrogen and oxygen atoms in total. The van der Waals surface area contributed by atoms with Crippen LogP contribution in [0.15, 0.2) is 0 Å². The molecule has 0 radical (unpaired) electrons. The summed E-state index contributed by atoms with van der Waals surface area (Å²) in [7, 11) is 0. The molecule has 1 aliphatic carbocycles. The predicted octanol–water partition coefficient (Wildman–Crippen LogP) is 3.54. The average Bonchev–Trinajstić information content (AvgIpc) is 2.74. The molecule has 0 aromatic rings. The number of carbonyl (C=O) groups excluding carboxylic acids is 1. The minimum Gasteiger partial charge on any atom is -0.323 e. The van der Waals surface area contributed by atoms with Gasteiger partial charge in [-0.2, -0.15) is 0 Å². The van der Waals surface area contributed by atoms with E-state index in [0.29, 0.717) is 17.9 Å². The summed E-state index contributed by atoms with van der Waals surface area (Å²) >= 11 is 0. The van der Waals surface area contributed by atoms with Gasteiger partial charge in [-0.05, 0) is 37.5 Å². The van der Waals surface area contributed by atoms with Gasteiger partial charge < -0.3 is 4.90 Å². The maximum atomic E-state index is 12.8. The average molecular weight is 280 g/mol. The molecule has 1 N–H and O–H groups in total. The number of nitrogens with one attached hydrogen (secondary N) is 1. The Hall–Kier alpha value is -0.570. The van der Waals surface area contributed by atoms with E-state index in [1.165, 1.54) is 32.1 Å². The molecule has 4 unspecified atom stereocenters. The van der Waals surface area contributed by atoms with Crippen molar-refractivity contribution < 1.29 is 4.79 Å². The molecule has 0 bridgehead atoms. The van der Waals surface area contributed by atoms with Gasteiger partial charge in [-0.1, -0.05) is 47.0 Å². The summed E-state index contributed by atoms with van der Waals surface area (Å²) in [5.74, 6) is 1.76. The van der Waals surface area contributed by atoms with Crippen molar-refractivity contribution in [3.63, 3.8) is 0 Å². The van der Waals surface area contributed by atoms with Gasteiger partial charge in [0.15, 0.2) is 0 Å². The van der Waals surface area contributed by atoms with Crippen LogP contribution < -0.4 is 5.32 Å². The summed E-state index contributed by atoms with van der Waals surface area (Å²) in [6, 6.07) is 0.540. The molecular formula is C17H32N2O. The van der Waals surface area contributed by atoms with Crippen molar-refractivity contribution in [1.82, 2.24) is 10.2 Å². The molecule has 2 aliphatic rings. The number of nitrogens with zero attached hydrogens (tertiary/aromatic N) is 1. The van der Waals surface area contributed by atoms with E-state index in [2.05, 4.69) is 37.9 Å². The lowest BCUT2D eigenvalue weighted by Crippen LogP contribution is -2.46. The third kappa shape index (κ3) is 3.36. The fourth-order valence-corrected chi connectivity index (χ4v) is 3.99. The Labute approximate surface area is 124 Å². The molecule has 2 fully saturated rings. The Morgan fingerprint density at radius 3 is 2.60 bits per heavy atom. The predicted molar refractivity (Wildman–Crippen MR) is 83.3 cm³/mol. The first-order valence-electron chi connectivity index (χ1n) is 8.65. The molecule has 0 spiro atoms. The first-order valence-corrected chi connectivity index (χ1v) is 8.65. The zero-order valence-corrected chi connectivity index (χ0v) is 13.7. The smallest absolute Gasteiger partial charge is 0.241 e. The summed E-state index contributed by atoms with van der Waals surface area (Å²) in [6.07, 6.45) is 8.59. The number of amides is 1. The number of carbonyl (C=O) groups is 1. The van der Waals surface area contributed by atoms with Crippen LogP contribution >= 0.6 is 0 Å². The van der Waals surface area contributed by atoms with Crippen LogP contribution in [0.25, 0.3) is 0 Å². The molecule has 1 amide bonds. The second kappa shape index (κ2) is 6.93. The van der Waals surface area contributed by atoms with E-state index >= 15 is 0 Å². The maximum Gasteiger partial charge on any atom is 0.241 e. The van der Waals surface area contributed by atoms with E-state index < -0.39 is 0 Å². The van der Waals surface area contributed by atoms with Crippen LogP contribution in [0.2, 0.25) is 0 Å². The van der Waals surface area contributed by atoms with Crippen molar-refractivity contribution in [2.75, 3.05) is 0 Å². The lowest BCUT2D eigenvalue weighted by Gasteiger charge is -2.38. The van der Waals surface area contributed by atoms with Crippen LogP contribution in [0.3, 0.4) is 0 Å². The van der Waals surface area contributed by atoms with Crippen LogP contribution in [0.4, 0.5) is 0 Å². The highest BCUT2D eigenvalue weighted by molar-refractivity contribution is 5.84. The van der Waals surface area contributed by atoms with E-state index in [0.717, 1.165) is 18.8 Å². The summed E-state index contributed by atoms with van der Waals surface area (Å²) in [4.78, 5) is 15.0. The minimum absolute atomic E-state index is 0.0574. The Morgan fingerprint density at radius 1 is 1.25 bits per heavy atom. The third-order valence-electron chi connectivity index (χ3n) is 5.10. The molecule has 1 saturated heterocycles. The quantitative estimate of drug-likeness (QED) is 0.835. The van der Waals surface area contributed by atoms with E-state index in [-0.39, 0.29) is 12.2 Å². The normalized spacial score (nSPS) is 35.0. The van der Waals surface area contributed by atoms with Crippen LogP contribution in [0.1, 0.15) is 72.6 Å². The van der Waals surface area contributed by atoms with Gasteiger partial charge in [0.1, 0.15) is 0 Å². The Balaban J connectivity index is 2.06. The maximum absolute atomic E-state index is 12.8. The van der Waals surface area contributed by atoms with E-state index in [4.69, 9.17) is 0 Å². The van der Waals surface area contributed by atoms with Gasteiger partial charge in [-0.25, -0.2) is 0 Å². The van der Waals surface area contributed by atoms with Crippen molar-refractivity contribution in [3.8, 4) is 0 Å². The van der Waals surface area contributed by atoms with Gasteiger partial charge in [0.2, 0.25) is 5.91 Å². The van der Waals surface area contributed by atoms with Crippen molar-refractivity contribution in [1.29, 1.82) is 0 Å². The van der Waals surface area contributed by atoms with Crippen molar-refractivity contribution in [2.45, 2.75) is 90.9 Å². The van der Waals surface area contributed by atoms with Gasteiger partial charge in [0, 0.05) is 6.04 Å². The molecular weight excluding hydrogens is 248 g/mol. The molecule has 116 valence electrons. The standard InChI is InChI=1S/C17H32N2O/c1-5-13-8-7-9-14(11-13)19-16(6-2)18-15(17(19)20)10-12(3)4/h12-16,18H,5-11H2,1-4H3. The van der Waals surface area contributed by atoms with Gasteiger partial charge in [-0.15, -0.1) is 0 Å². The molecule has 4 atom stereocenters. The lowest BCUT2D eigenvalue weighted by molar-refractivity contribution is -0.133. The van der Waals surface area contributed by atoms with Crippen molar-refractivity contribution in [2.24, 2.45) is 11.8 Å². The molecule has 3 heteroatoms. The van der Waals surface area contributed by atoms with Crippen LogP contribution in [0.5, 0.6) is 0 Å². The minimum atomic E-state index is 0.0574. The van der Waals surface area contributed by atoms with E-state index in [9.17, 15) is 4.79 Å². The molecule has 1 heterocycles. The molecule has 1 saturated carbocycles. The molecule has 20 heavy (non-hydrogen) atoms. The fraction of sp³-hybridized carbons (Fsp3) is 0.941. The summed E-state index contributed by atoms with van der Waals surface area (Å²) in [5, 5.41) is 3.58. The van der Waals surface area contributed by atoms with Gasteiger partial charge >= 0.3 is 0 Å². The Morgan fingerprint density at radius 2 is 2.00 bits per heavy atom. The topological polar surface area (TPSA) is 32.3 Å². The zero-order chi connectivity index (χ0) is 14.7. The molecule has 0 aromatic heterocycles. The lowest BCUT2D eigenvalue weighted by atomic mass is 9.83. The van der Waals surface area contributed by atoms with Crippen molar-refractivity contribution in [3.05, 3.63) is 0 Å². The van der Waals surface area contributed by atoms with Gasteiger partial charge in [0.25, 0.3) is 0 Å². The summed E-state index contributed by atoms with van der Waals surface area (Å²) in [6.45, 7) is 8.88. The second-order valence-corrected chi connectivity index (χ2v) is 7.11. The molecule has 2 rings (SSSR count). The van der Waals surface area contributed by atoms with Gasteiger partial charge in [-0.3, -0.25) is 10.1 Å². The number of rotatable bonds is 5. The SMILES string of the molecule is CCC1CCCC(N2C(=O)C(CC(C)C)NC2CC)C1.